The summed E-state index contributed by atoms with van der Waals surface area (Å²) < 4.78 is 16.0. The van der Waals surface area contributed by atoms with E-state index >= 15 is 0 Å². The van der Waals surface area contributed by atoms with Gasteiger partial charge in [0.15, 0.2) is 5.11 Å². The highest BCUT2D eigenvalue weighted by Crippen LogP contribution is 2.25. The quantitative estimate of drug-likeness (QED) is 0.510. The molecule has 0 spiro atoms. The highest BCUT2D eigenvalue weighted by atomic mass is 32.1. The third kappa shape index (κ3) is 5.84. The molecular weight excluding hydrogens is 404 g/mol. The molecule has 0 atom stereocenters. The predicted octanol–water partition coefficient (Wildman–Crippen LogP) is 1.37. The predicted molar refractivity (Wildman–Crippen MR) is 119 cm³/mol. The van der Waals surface area contributed by atoms with Crippen molar-refractivity contribution in [1.82, 2.24) is 20.2 Å². The number of nitrogens with zero attached hydrogens (tertiary/aromatic N) is 3. The number of ether oxygens (including phenoxy) is 3. The lowest BCUT2D eigenvalue weighted by molar-refractivity contribution is -0.133. The van der Waals surface area contributed by atoms with Crippen molar-refractivity contribution in [1.29, 1.82) is 0 Å². The van der Waals surface area contributed by atoms with Gasteiger partial charge in [0.1, 0.15) is 11.5 Å². The zero-order chi connectivity index (χ0) is 21.3. The standard InChI is InChI=1S/C21H30N4O4S/c1-27-18-5-6-19(28-2)17(16-18)4-7-20(26)24-9-3-10-25(24)21(30)22-8-11-23-12-14-29-15-13-23/h4-7,16H,3,8-15H2,1-2H3,(H,22,30). The molecule has 0 unspecified atom stereocenters. The summed E-state index contributed by atoms with van der Waals surface area (Å²) in [7, 11) is 3.21. The van der Waals surface area contributed by atoms with Crippen LogP contribution in [0, 0.1) is 0 Å². The Bertz CT molecular complexity index is 767. The highest BCUT2D eigenvalue weighted by Gasteiger charge is 2.27. The van der Waals surface area contributed by atoms with Crippen molar-refractivity contribution in [2.24, 2.45) is 0 Å². The van der Waals surface area contributed by atoms with Crippen LogP contribution in [0.4, 0.5) is 0 Å². The second-order valence-corrected chi connectivity index (χ2v) is 7.45. The highest BCUT2D eigenvalue weighted by molar-refractivity contribution is 7.80. The third-order valence-electron chi connectivity index (χ3n) is 5.17. The summed E-state index contributed by atoms with van der Waals surface area (Å²) in [6.07, 6.45) is 4.17. The van der Waals surface area contributed by atoms with E-state index in [2.05, 4.69) is 10.2 Å². The number of hydrogen-bond acceptors (Lipinski definition) is 6. The van der Waals surface area contributed by atoms with Crippen LogP contribution in [0.2, 0.25) is 0 Å². The molecule has 2 aliphatic rings. The summed E-state index contributed by atoms with van der Waals surface area (Å²) in [6, 6.07) is 5.47. The molecule has 0 saturated carbocycles. The first-order valence-corrected chi connectivity index (χ1v) is 10.6. The van der Waals surface area contributed by atoms with Crippen molar-refractivity contribution in [3.8, 4) is 11.5 Å². The molecule has 2 aliphatic heterocycles. The molecule has 2 fully saturated rings. The van der Waals surface area contributed by atoms with Crippen LogP contribution in [0.25, 0.3) is 6.08 Å². The summed E-state index contributed by atoms with van der Waals surface area (Å²) in [5.74, 6) is 1.27. The molecule has 3 rings (SSSR count). The van der Waals surface area contributed by atoms with Gasteiger partial charge in [-0.1, -0.05) is 0 Å². The molecule has 9 heteroatoms. The normalized spacial score (nSPS) is 17.4. The van der Waals surface area contributed by atoms with Crippen LogP contribution in [-0.2, 0) is 9.53 Å². The Balaban J connectivity index is 1.55. The number of thiocarbonyl (C=S) groups is 1. The van der Waals surface area contributed by atoms with Gasteiger partial charge in [-0.25, -0.2) is 5.01 Å². The van der Waals surface area contributed by atoms with Gasteiger partial charge in [0.25, 0.3) is 5.91 Å². The Labute approximate surface area is 183 Å². The Kier molecular flexibility index (Phi) is 8.30. The number of rotatable bonds is 7. The van der Waals surface area contributed by atoms with E-state index in [-0.39, 0.29) is 5.91 Å². The largest absolute Gasteiger partial charge is 0.497 e. The van der Waals surface area contributed by atoms with Gasteiger partial charge in [-0.05, 0) is 42.9 Å². The summed E-state index contributed by atoms with van der Waals surface area (Å²) in [5, 5.41) is 7.41. The van der Waals surface area contributed by atoms with E-state index in [9.17, 15) is 4.79 Å². The molecule has 1 aromatic carbocycles. The fourth-order valence-corrected chi connectivity index (χ4v) is 3.80. The third-order valence-corrected chi connectivity index (χ3v) is 5.53. The van der Waals surface area contributed by atoms with E-state index in [1.165, 1.54) is 0 Å². The fraction of sp³-hybridized carbons (Fsp3) is 0.524. The Morgan fingerprint density at radius 1 is 1.17 bits per heavy atom. The molecule has 1 amide bonds. The average Bonchev–Trinajstić information content (AvgIpc) is 3.28. The lowest BCUT2D eigenvalue weighted by Gasteiger charge is -2.31. The molecule has 164 valence electrons. The van der Waals surface area contributed by atoms with E-state index in [4.69, 9.17) is 26.4 Å². The second-order valence-electron chi connectivity index (χ2n) is 7.07. The maximum atomic E-state index is 12.8. The number of morpholine rings is 1. The van der Waals surface area contributed by atoms with Crippen LogP contribution in [0.3, 0.4) is 0 Å². The van der Waals surface area contributed by atoms with E-state index in [1.807, 2.05) is 23.2 Å². The molecule has 30 heavy (non-hydrogen) atoms. The maximum absolute atomic E-state index is 12.8. The molecule has 0 aromatic heterocycles. The van der Waals surface area contributed by atoms with Crippen LogP contribution in [0.5, 0.6) is 11.5 Å². The number of nitrogens with one attached hydrogen (secondary N) is 1. The van der Waals surface area contributed by atoms with Crippen molar-refractivity contribution in [2.75, 3.05) is 66.7 Å². The zero-order valence-corrected chi connectivity index (χ0v) is 18.5. The van der Waals surface area contributed by atoms with Crippen LogP contribution in [-0.4, -0.2) is 92.6 Å². The van der Waals surface area contributed by atoms with Crippen LogP contribution >= 0.6 is 12.2 Å². The Morgan fingerprint density at radius 3 is 2.67 bits per heavy atom. The molecule has 2 saturated heterocycles. The molecule has 0 bridgehead atoms. The summed E-state index contributed by atoms with van der Waals surface area (Å²) in [6.45, 7) is 6.47. The second kappa shape index (κ2) is 11.1. The van der Waals surface area contributed by atoms with Gasteiger partial charge in [0.2, 0.25) is 0 Å². The summed E-state index contributed by atoms with van der Waals surface area (Å²) in [5.41, 5.74) is 0.780. The van der Waals surface area contributed by atoms with Gasteiger partial charge >= 0.3 is 0 Å². The summed E-state index contributed by atoms with van der Waals surface area (Å²) >= 11 is 5.54. The maximum Gasteiger partial charge on any atom is 0.265 e. The van der Waals surface area contributed by atoms with Gasteiger partial charge in [-0.2, -0.15) is 0 Å². The van der Waals surface area contributed by atoms with E-state index in [0.29, 0.717) is 23.2 Å². The SMILES string of the molecule is COc1ccc(OC)c(C=CC(=O)N2CCCN2C(=S)NCCN2CCOCC2)c1. The lowest BCUT2D eigenvalue weighted by atomic mass is 10.1. The molecular formula is C21H30N4O4S. The van der Waals surface area contributed by atoms with Crippen LogP contribution in [0.1, 0.15) is 12.0 Å². The van der Waals surface area contributed by atoms with E-state index in [1.54, 1.807) is 31.4 Å². The van der Waals surface area contributed by atoms with Crippen molar-refractivity contribution < 1.29 is 19.0 Å². The monoisotopic (exact) mass is 434 g/mol. The Morgan fingerprint density at radius 2 is 1.93 bits per heavy atom. The van der Waals surface area contributed by atoms with Crippen molar-refractivity contribution in [3.63, 3.8) is 0 Å². The van der Waals surface area contributed by atoms with Crippen molar-refractivity contribution >= 4 is 29.3 Å². The molecule has 0 radical (unpaired) electrons. The molecule has 2 heterocycles. The van der Waals surface area contributed by atoms with Crippen molar-refractivity contribution in [3.05, 3.63) is 29.8 Å². The molecule has 1 aromatic rings. The number of benzene rings is 1. The van der Waals surface area contributed by atoms with Crippen molar-refractivity contribution in [2.45, 2.75) is 6.42 Å². The van der Waals surface area contributed by atoms with Crippen LogP contribution in [0.15, 0.2) is 24.3 Å². The minimum absolute atomic E-state index is 0.116. The molecule has 8 nitrogen and oxygen atoms in total. The minimum atomic E-state index is -0.116. The number of amides is 1. The first-order chi connectivity index (χ1) is 14.6. The number of hydrogen-bond donors (Lipinski definition) is 1. The smallest absolute Gasteiger partial charge is 0.265 e. The topological polar surface area (TPSA) is 66.5 Å². The average molecular weight is 435 g/mol. The number of carbonyl (C=O) groups excluding carboxylic acids is 1. The minimum Gasteiger partial charge on any atom is -0.497 e. The molecule has 0 aliphatic carbocycles. The van der Waals surface area contributed by atoms with Crippen LogP contribution < -0.4 is 14.8 Å². The molecule has 1 N–H and O–H groups in total. The van der Waals surface area contributed by atoms with Gasteiger partial charge < -0.3 is 19.5 Å². The first-order valence-electron chi connectivity index (χ1n) is 10.2. The van der Waals surface area contributed by atoms with Gasteiger partial charge in [-0.3, -0.25) is 14.7 Å². The number of carbonyl (C=O) groups is 1. The van der Waals surface area contributed by atoms with Gasteiger partial charge in [0.05, 0.1) is 27.4 Å². The van der Waals surface area contributed by atoms with Gasteiger partial charge in [-0.15, -0.1) is 0 Å². The number of hydrazine groups is 1. The first kappa shape index (κ1) is 22.3. The fourth-order valence-electron chi connectivity index (χ4n) is 3.51. The lowest BCUT2D eigenvalue weighted by Crippen LogP contribution is -2.50. The van der Waals surface area contributed by atoms with Gasteiger partial charge in [0, 0.05) is 50.9 Å². The van der Waals surface area contributed by atoms with E-state index in [0.717, 1.165) is 57.9 Å². The number of methoxy groups -OCH3 is 2. The Hall–Kier alpha value is -2.36. The summed E-state index contributed by atoms with van der Waals surface area (Å²) in [4.78, 5) is 15.2. The van der Waals surface area contributed by atoms with E-state index < -0.39 is 0 Å². The zero-order valence-electron chi connectivity index (χ0n) is 17.6.